The van der Waals surface area contributed by atoms with Gasteiger partial charge in [-0.25, -0.2) is 0 Å². The highest BCUT2D eigenvalue weighted by Crippen LogP contribution is 2.17. The zero-order chi connectivity index (χ0) is 15.2. The van der Waals surface area contributed by atoms with Crippen molar-refractivity contribution in [2.45, 2.75) is 40.0 Å². The van der Waals surface area contributed by atoms with E-state index in [0.717, 1.165) is 38.3 Å². The minimum atomic E-state index is 0.00257. The van der Waals surface area contributed by atoms with E-state index in [1.165, 1.54) is 6.42 Å². The number of carbonyl (C=O) groups excluding carboxylic acids is 1. The Bertz CT molecular complexity index is 458. The molecule has 5 heteroatoms. The lowest BCUT2D eigenvalue weighted by Gasteiger charge is -2.30. The summed E-state index contributed by atoms with van der Waals surface area (Å²) in [5, 5.41) is 11.4. The standard InChI is InChI=1S/C16H26N4O/c1-12(2)8-9-17-15-7-6-14(18-19-15)16(21)20-10-4-5-13(3)11-20/h6-7,12-13H,4-5,8-11H2,1-3H3,(H,17,19). The molecule has 0 aliphatic carbocycles. The van der Waals surface area contributed by atoms with Crippen molar-refractivity contribution in [1.82, 2.24) is 15.1 Å². The van der Waals surface area contributed by atoms with Gasteiger partial charge in [0.15, 0.2) is 5.69 Å². The van der Waals surface area contributed by atoms with Gasteiger partial charge in [-0.1, -0.05) is 20.8 Å². The number of anilines is 1. The van der Waals surface area contributed by atoms with Crippen LogP contribution in [0.2, 0.25) is 0 Å². The topological polar surface area (TPSA) is 58.1 Å². The van der Waals surface area contributed by atoms with Crippen molar-refractivity contribution in [2.75, 3.05) is 25.0 Å². The number of nitrogens with one attached hydrogen (secondary N) is 1. The second-order valence-electron chi connectivity index (χ2n) is 6.41. The molecule has 1 aliphatic rings. The Kier molecular flexibility index (Phi) is 5.53. The predicted molar refractivity (Wildman–Crippen MR) is 84.3 cm³/mol. The molecule has 2 heterocycles. The van der Waals surface area contributed by atoms with Crippen LogP contribution in [0.3, 0.4) is 0 Å². The molecular weight excluding hydrogens is 264 g/mol. The molecule has 0 spiro atoms. The third-order valence-corrected chi connectivity index (χ3v) is 3.86. The molecule has 1 aromatic heterocycles. The number of carbonyl (C=O) groups is 1. The monoisotopic (exact) mass is 290 g/mol. The summed E-state index contributed by atoms with van der Waals surface area (Å²) in [6, 6.07) is 3.61. The number of piperidine rings is 1. The molecule has 0 aromatic carbocycles. The van der Waals surface area contributed by atoms with Crippen molar-refractivity contribution in [3.63, 3.8) is 0 Å². The maximum atomic E-state index is 12.4. The van der Waals surface area contributed by atoms with Crippen LogP contribution in [0.1, 0.15) is 50.5 Å². The molecule has 5 nitrogen and oxygen atoms in total. The van der Waals surface area contributed by atoms with Crippen molar-refractivity contribution in [1.29, 1.82) is 0 Å². The number of rotatable bonds is 5. The largest absolute Gasteiger partial charge is 0.369 e. The molecule has 0 saturated carbocycles. The molecule has 1 fully saturated rings. The minimum Gasteiger partial charge on any atom is -0.369 e. The fraction of sp³-hybridized carbons (Fsp3) is 0.688. The molecule has 0 bridgehead atoms. The third kappa shape index (κ3) is 4.69. The van der Waals surface area contributed by atoms with Crippen molar-refractivity contribution in [3.8, 4) is 0 Å². The molecule has 1 aliphatic heterocycles. The lowest BCUT2D eigenvalue weighted by Crippen LogP contribution is -2.39. The third-order valence-electron chi connectivity index (χ3n) is 3.86. The summed E-state index contributed by atoms with van der Waals surface area (Å²) in [7, 11) is 0. The zero-order valence-corrected chi connectivity index (χ0v) is 13.3. The first-order valence-corrected chi connectivity index (χ1v) is 7.93. The average molecular weight is 290 g/mol. The Labute approximate surface area is 127 Å². The van der Waals surface area contributed by atoms with Gasteiger partial charge in [-0.3, -0.25) is 4.79 Å². The summed E-state index contributed by atoms with van der Waals surface area (Å²) in [4.78, 5) is 14.3. The number of likely N-dealkylation sites (tertiary alicyclic amines) is 1. The number of hydrogen-bond donors (Lipinski definition) is 1. The number of nitrogens with zero attached hydrogens (tertiary/aromatic N) is 3. The van der Waals surface area contributed by atoms with Crippen LogP contribution in [0.5, 0.6) is 0 Å². The van der Waals surface area contributed by atoms with E-state index in [1.54, 1.807) is 6.07 Å². The van der Waals surface area contributed by atoms with Gasteiger partial charge in [-0.2, -0.15) is 0 Å². The number of amides is 1. The lowest BCUT2D eigenvalue weighted by molar-refractivity contribution is 0.0676. The first-order chi connectivity index (χ1) is 10.1. The highest BCUT2D eigenvalue weighted by atomic mass is 16.2. The molecule has 21 heavy (non-hydrogen) atoms. The predicted octanol–water partition coefficient (Wildman–Crippen LogP) is 2.81. The van der Waals surface area contributed by atoms with Crippen LogP contribution in [-0.4, -0.2) is 40.6 Å². The fourth-order valence-electron chi connectivity index (χ4n) is 2.57. The van der Waals surface area contributed by atoms with Crippen LogP contribution in [0.15, 0.2) is 12.1 Å². The molecule has 0 radical (unpaired) electrons. The van der Waals surface area contributed by atoms with E-state index in [9.17, 15) is 4.79 Å². The van der Waals surface area contributed by atoms with Gasteiger partial charge in [-0.15, -0.1) is 10.2 Å². The summed E-state index contributed by atoms with van der Waals surface area (Å²) in [5.41, 5.74) is 0.443. The van der Waals surface area contributed by atoms with Crippen LogP contribution < -0.4 is 5.32 Å². The van der Waals surface area contributed by atoms with Crippen LogP contribution >= 0.6 is 0 Å². The number of aromatic nitrogens is 2. The summed E-state index contributed by atoms with van der Waals surface area (Å²) in [5.74, 6) is 1.97. The van der Waals surface area contributed by atoms with Crippen molar-refractivity contribution in [3.05, 3.63) is 17.8 Å². The van der Waals surface area contributed by atoms with Gasteiger partial charge in [-0.05, 0) is 43.2 Å². The minimum absolute atomic E-state index is 0.00257. The lowest BCUT2D eigenvalue weighted by atomic mass is 10.00. The quantitative estimate of drug-likeness (QED) is 0.906. The van der Waals surface area contributed by atoms with E-state index in [-0.39, 0.29) is 5.91 Å². The fourth-order valence-corrected chi connectivity index (χ4v) is 2.57. The normalized spacial score (nSPS) is 18.9. The van der Waals surface area contributed by atoms with Gasteiger partial charge in [0, 0.05) is 19.6 Å². The second-order valence-corrected chi connectivity index (χ2v) is 6.41. The van der Waals surface area contributed by atoms with Gasteiger partial charge < -0.3 is 10.2 Å². The SMILES string of the molecule is CC(C)CCNc1ccc(C(=O)N2CCCC(C)C2)nn1. The average Bonchev–Trinajstić information content (AvgIpc) is 2.47. The Hall–Kier alpha value is -1.65. The van der Waals surface area contributed by atoms with Crippen molar-refractivity contribution >= 4 is 11.7 Å². The smallest absolute Gasteiger partial charge is 0.274 e. The maximum Gasteiger partial charge on any atom is 0.274 e. The van der Waals surface area contributed by atoms with Crippen LogP contribution in [-0.2, 0) is 0 Å². The maximum absolute atomic E-state index is 12.4. The second kappa shape index (κ2) is 7.38. The summed E-state index contributed by atoms with van der Waals surface area (Å²) >= 11 is 0. The van der Waals surface area contributed by atoms with E-state index in [4.69, 9.17) is 0 Å². The molecule has 1 amide bonds. The highest BCUT2D eigenvalue weighted by Gasteiger charge is 2.23. The Balaban J connectivity index is 1.90. The Morgan fingerprint density at radius 2 is 2.24 bits per heavy atom. The molecule has 1 unspecified atom stereocenters. The van der Waals surface area contributed by atoms with E-state index >= 15 is 0 Å². The van der Waals surface area contributed by atoms with Crippen LogP contribution in [0.25, 0.3) is 0 Å². The van der Waals surface area contributed by atoms with Crippen molar-refractivity contribution in [2.24, 2.45) is 11.8 Å². The first-order valence-electron chi connectivity index (χ1n) is 7.93. The summed E-state index contributed by atoms with van der Waals surface area (Å²) < 4.78 is 0. The zero-order valence-electron chi connectivity index (χ0n) is 13.3. The summed E-state index contributed by atoms with van der Waals surface area (Å²) in [6.45, 7) is 9.10. The first kappa shape index (κ1) is 15.7. The highest BCUT2D eigenvalue weighted by molar-refractivity contribution is 5.92. The molecule has 2 rings (SSSR count). The van der Waals surface area contributed by atoms with E-state index in [1.807, 2.05) is 11.0 Å². The van der Waals surface area contributed by atoms with Crippen LogP contribution in [0.4, 0.5) is 5.82 Å². The van der Waals surface area contributed by atoms with Crippen molar-refractivity contribution < 1.29 is 4.79 Å². The van der Waals surface area contributed by atoms with E-state index in [0.29, 0.717) is 17.5 Å². The van der Waals surface area contributed by atoms with Gasteiger partial charge in [0.1, 0.15) is 5.82 Å². The molecule has 1 saturated heterocycles. The van der Waals surface area contributed by atoms with Gasteiger partial charge >= 0.3 is 0 Å². The molecule has 1 atom stereocenters. The summed E-state index contributed by atoms with van der Waals surface area (Å²) in [6.07, 6.45) is 3.37. The van der Waals surface area contributed by atoms with Gasteiger partial charge in [0.25, 0.3) is 5.91 Å². The van der Waals surface area contributed by atoms with Gasteiger partial charge in [0.2, 0.25) is 0 Å². The molecule has 1 aromatic rings. The number of hydrogen-bond acceptors (Lipinski definition) is 4. The Morgan fingerprint density at radius 3 is 2.86 bits per heavy atom. The van der Waals surface area contributed by atoms with Gasteiger partial charge in [0.05, 0.1) is 0 Å². The molecular formula is C16H26N4O. The Morgan fingerprint density at radius 1 is 1.43 bits per heavy atom. The van der Waals surface area contributed by atoms with Crippen LogP contribution in [0, 0.1) is 11.8 Å². The molecule has 1 N–H and O–H groups in total. The molecule has 116 valence electrons. The van der Waals surface area contributed by atoms with E-state index in [2.05, 4.69) is 36.3 Å². The van der Waals surface area contributed by atoms with E-state index < -0.39 is 0 Å².